The molecule has 0 spiro atoms. The molecule has 0 aliphatic heterocycles. The van der Waals surface area contributed by atoms with Crippen LogP contribution >= 0.6 is 23.2 Å². The molecule has 0 N–H and O–H groups in total. The minimum atomic E-state index is 0.215. The van der Waals surface area contributed by atoms with Crippen LogP contribution in [-0.2, 0) is 6.61 Å². The Kier molecular flexibility index (Phi) is 4.95. The lowest BCUT2D eigenvalue weighted by molar-refractivity contribution is 0.301. The molecule has 0 radical (unpaired) electrons. The highest BCUT2D eigenvalue weighted by Crippen LogP contribution is 2.35. The number of hydrogen-bond donors (Lipinski definition) is 0. The van der Waals surface area contributed by atoms with E-state index in [1.807, 2.05) is 30.3 Å². The van der Waals surface area contributed by atoms with E-state index in [0.29, 0.717) is 27.2 Å². The second-order valence-electron chi connectivity index (χ2n) is 4.94. The molecule has 2 aromatic carbocycles. The van der Waals surface area contributed by atoms with Crippen LogP contribution in [0.1, 0.15) is 11.3 Å². The molecule has 0 saturated heterocycles. The summed E-state index contributed by atoms with van der Waals surface area (Å²) in [5, 5.41) is 17.6. The normalized spacial score (nSPS) is 10.2. The molecule has 3 rings (SSSR count). The molecule has 0 saturated carbocycles. The van der Waals surface area contributed by atoms with Crippen molar-refractivity contribution in [3.63, 3.8) is 0 Å². The first-order valence-corrected chi connectivity index (χ1v) is 7.83. The standard InChI is InChI=1S/C18H11Cl2N3O/c19-16-9-17(24-11-14-6-7-18(20)23-22-14)15(8-13(16)10-21)12-4-2-1-3-5-12/h1-9H,11H2. The number of nitriles is 1. The summed E-state index contributed by atoms with van der Waals surface area (Å²) < 4.78 is 5.86. The van der Waals surface area contributed by atoms with Gasteiger partial charge < -0.3 is 4.74 Å². The molecule has 1 heterocycles. The van der Waals surface area contributed by atoms with Crippen LogP contribution in [0.2, 0.25) is 10.2 Å². The average molecular weight is 356 g/mol. The van der Waals surface area contributed by atoms with Gasteiger partial charge in [-0.15, -0.1) is 5.10 Å². The number of halogens is 2. The van der Waals surface area contributed by atoms with E-state index >= 15 is 0 Å². The van der Waals surface area contributed by atoms with Gasteiger partial charge in [0.15, 0.2) is 5.15 Å². The lowest BCUT2D eigenvalue weighted by Gasteiger charge is -2.13. The maximum Gasteiger partial charge on any atom is 0.151 e. The van der Waals surface area contributed by atoms with E-state index in [1.165, 1.54) is 0 Å². The minimum absolute atomic E-state index is 0.215. The summed E-state index contributed by atoms with van der Waals surface area (Å²) in [4.78, 5) is 0. The minimum Gasteiger partial charge on any atom is -0.487 e. The van der Waals surface area contributed by atoms with E-state index in [-0.39, 0.29) is 6.61 Å². The number of benzene rings is 2. The van der Waals surface area contributed by atoms with Crippen molar-refractivity contribution in [1.82, 2.24) is 10.2 Å². The second kappa shape index (κ2) is 7.31. The molecule has 4 nitrogen and oxygen atoms in total. The molecule has 6 heteroatoms. The van der Waals surface area contributed by atoms with Crippen LogP contribution in [0.4, 0.5) is 0 Å². The highest BCUT2D eigenvalue weighted by atomic mass is 35.5. The Balaban J connectivity index is 1.95. The molecule has 3 aromatic rings. The zero-order chi connectivity index (χ0) is 16.9. The van der Waals surface area contributed by atoms with Crippen molar-refractivity contribution in [1.29, 1.82) is 5.26 Å². The van der Waals surface area contributed by atoms with Gasteiger partial charge in [0.2, 0.25) is 0 Å². The highest BCUT2D eigenvalue weighted by molar-refractivity contribution is 6.32. The zero-order valence-electron chi connectivity index (χ0n) is 12.4. The van der Waals surface area contributed by atoms with Crippen LogP contribution in [0, 0.1) is 11.3 Å². The van der Waals surface area contributed by atoms with Crippen molar-refractivity contribution in [2.24, 2.45) is 0 Å². The van der Waals surface area contributed by atoms with Gasteiger partial charge in [0, 0.05) is 11.6 Å². The van der Waals surface area contributed by atoms with Gasteiger partial charge in [0.1, 0.15) is 24.1 Å². The molecular weight excluding hydrogens is 345 g/mol. The summed E-state index contributed by atoms with van der Waals surface area (Å²) in [6.45, 7) is 0.215. The number of aromatic nitrogens is 2. The Labute approximate surface area is 149 Å². The van der Waals surface area contributed by atoms with Crippen LogP contribution in [0.15, 0.2) is 54.6 Å². The Hall–Kier alpha value is -2.61. The largest absolute Gasteiger partial charge is 0.487 e. The van der Waals surface area contributed by atoms with Crippen molar-refractivity contribution in [3.8, 4) is 22.9 Å². The second-order valence-corrected chi connectivity index (χ2v) is 5.74. The Morgan fingerprint density at radius 3 is 2.46 bits per heavy atom. The molecule has 0 bridgehead atoms. The smallest absolute Gasteiger partial charge is 0.151 e. The molecule has 0 amide bonds. The van der Waals surface area contributed by atoms with Gasteiger partial charge in [0.05, 0.1) is 10.6 Å². The molecule has 0 fully saturated rings. The van der Waals surface area contributed by atoms with Gasteiger partial charge in [0.25, 0.3) is 0 Å². The van der Waals surface area contributed by atoms with Crippen LogP contribution in [0.3, 0.4) is 0 Å². The van der Waals surface area contributed by atoms with E-state index in [1.54, 1.807) is 24.3 Å². The van der Waals surface area contributed by atoms with Crippen molar-refractivity contribution in [3.05, 3.63) is 76.0 Å². The quantitative estimate of drug-likeness (QED) is 0.667. The fourth-order valence-corrected chi connectivity index (χ4v) is 2.47. The average Bonchev–Trinajstić information content (AvgIpc) is 2.62. The summed E-state index contributed by atoms with van der Waals surface area (Å²) in [6.07, 6.45) is 0. The first-order valence-electron chi connectivity index (χ1n) is 7.07. The fourth-order valence-electron chi connectivity index (χ4n) is 2.18. The zero-order valence-corrected chi connectivity index (χ0v) is 13.9. The molecule has 24 heavy (non-hydrogen) atoms. The van der Waals surface area contributed by atoms with Crippen molar-refractivity contribution in [2.45, 2.75) is 6.61 Å². The third-order valence-electron chi connectivity index (χ3n) is 3.34. The predicted molar refractivity (Wildman–Crippen MR) is 93.0 cm³/mol. The van der Waals surface area contributed by atoms with E-state index < -0.39 is 0 Å². The van der Waals surface area contributed by atoms with Gasteiger partial charge in [-0.25, -0.2) is 0 Å². The van der Waals surface area contributed by atoms with Crippen LogP contribution in [-0.4, -0.2) is 10.2 Å². The Morgan fingerprint density at radius 1 is 1.00 bits per heavy atom. The number of ether oxygens (including phenoxy) is 1. The van der Waals surface area contributed by atoms with Gasteiger partial charge in [-0.2, -0.15) is 10.4 Å². The van der Waals surface area contributed by atoms with Gasteiger partial charge >= 0.3 is 0 Å². The van der Waals surface area contributed by atoms with Gasteiger partial charge in [-0.05, 0) is 23.8 Å². The van der Waals surface area contributed by atoms with E-state index in [9.17, 15) is 5.26 Å². The number of nitrogens with zero attached hydrogens (tertiary/aromatic N) is 3. The van der Waals surface area contributed by atoms with Crippen molar-refractivity contribution >= 4 is 23.2 Å². The SMILES string of the molecule is N#Cc1cc(-c2ccccc2)c(OCc2ccc(Cl)nn2)cc1Cl. The maximum absolute atomic E-state index is 9.21. The summed E-state index contributed by atoms with van der Waals surface area (Å²) in [5.41, 5.74) is 2.76. The van der Waals surface area contributed by atoms with Crippen LogP contribution < -0.4 is 4.74 Å². The third kappa shape index (κ3) is 3.65. The molecule has 118 valence electrons. The molecule has 0 unspecified atom stereocenters. The third-order valence-corrected chi connectivity index (χ3v) is 3.85. The van der Waals surface area contributed by atoms with Crippen LogP contribution in [0.5, 0.6) is 5.75 Å². The molecular formula is C18H11Cl2N3O. The lowest BCUT2D eigenvalue weighted by atomic mass is 10.0. The van der Waals surface area contributed by atoms with E-state index in [0.717, 1.165) is 11.1 Å². The Morgan fingerprint density at radius 2 is 1.79 bits per heavy atom. The molecule has 0 atom stereocenters. The van der Waals surface area contributed by atoms with Gasteiger partial charge in [-0.3, -0.25) is 0 Å². The summed E-state index contributed by atoms with van der Waals surface area (Å²) in [7, 11) is 0. The fraction of sp³-hybridized carbons (Fsp3) is 0.0556. The Bertz CT molecular complexity index is 891. The number of hydrogen-bond acceptors (Lipinski definition) is 4. The van der Waals surface area contributed by atoms with Crippen molar-refractivity contribution in [2.75, 3.05) is 0 Å². The van der Waals surface area contributed by atoms with Crippen molar-refractivity contribution < 1.29 is 4.74 Å². The van der Waals surface area contributed by atoms with E-state index in [4.69, 9.17) is 27.9 Å². The first-order chi connectivity index (χ1) is 11.7. The summed E-state index contributed by atoms with van der Waals surface area (Å²) in [5.74, 6) is 0.571. The van der Waals surface area contributed by atoms with Gasteiger partial charge in [-0.1, -0.05) is 53.5 Å². The predicted octanol–water partition coefficient (Wildman–Crippen LogP) is 4.90. The molecule has 0 aliphatic carbocycles. The topological polar surface area (TPSA) is 58.8 Å². The monoisotopic (exact) mass is 355 g/mol. The summed E-state index contributed by atoms with van der Waals surface area (Å²) >= 11 is 11.9. The molecule has 0 aliphatic rings. The first kappa shape index (κ1) is 16.3. The van der Waals surface area contributed by atoms with E-state index in [2.05, 4.69) is 16.3 Å². The molecule has 1 aromatic heterocycles. The maximum atomic E-state index is 9.21. The highest BCUT2D eigenvalue weighted by Gasteiger charge is 2.12. The lowest BCUT2D eigenvalue weighted by Crippen LogP contribution is -2.01. The van der Waals surface area contributed by atoms with Crippen LogP contribution in [0.25, 0.3) is 11.1 Å². The summed E-state index contributed by atoms with van der Waals surface area (Å²) in [6, 6.07) is 18.5. The number of rotatable bonds is 4.